The van der Waals surface area contributed by atoms with Crippen LogP contribution in [0.2, 0.25) is 0 Å². The molecule has 762 valence electrons. The number of aryl methyl sites for hydroxylation is 2. The lowest BCUT2D eigenvalue weighted by Gasteiger charge is -2.35. The Kier molecular flexibility index (Phi) is 34.6. The molecule has 0 spiro atoms. The molecular weight excluding hydrogens is 1950 g/mol. The van der Waals surface area contributed by atoms with Gasteiger partial charge in [0.05, 0.1) is 111 Å². The van der Waals surface area contributed by atoms with Crippen LogP contribution in [-0.2, 0) is 78.0 Å². The summed E-state index contributed by atoms with van der Waals surface area (Å²) in [6.07, 6.45) is -9.37. The van der Waals surface area contributed by atoms with Crippen LogP contribution < -0.4 is 50.3 Å². The molecule has 2 aromatic heterocycles. The molecule has 4 N–H and O–H groups in total. The molecular formula is C107H114F6N14O14S4. The van der Waals surface area contributed by atoms with Crippen LogP contribution in [0, 0.1) is 59.2 Å². The number of amides is 8. The fourth-order valence-corrected chi connectivity index (χ4v) is 20.2. The summed E-state index contributed by atoms with van der Waals surface area (Å²) in [7, 11) is 0. The minimum absolute atomic E-state index is 0.0000454. The smallest absolute Gasteiger partial charge is 0.417 e. The van der Waals surface area contributed by atoms with E-state index in [9.17, 15) is 75.2 Å². The SMILES string of the molecule is Cc1ncsc1-c1ccc(CNC(=O)[C@@H]2C[C@@H](C)CN2C(=O)[C@@H](NC(=O)COCCOCCOc2ccc(-c3ccc(N4C(=S)N(c5ccc(C#N)c(C(F)(F)F)c5)C(=O)C4(C)C)cc3)cc2)C(C)(C)C)cc1.Cc1ncsc1-c1ccc(CNC(=O)[C@@H]2C[C@@H](C)CN2C(=O)[C@@H](NC(=O)OCCOCCOc2ccc(-c3ccc(N4C(=S)N(c5ccc(C#N)c(C(F)(F)F)c5)C(=O)C4(C)C)cc3)cc2)C(C)(C)C)cc1. The molecule has 4 aliphatic rings. The van der Waals surface area contributed by atoms with Crippen molar-refractivity contribution in [1.82, 2.24) is 41.0 Å². The molecule has 145 heavy (non-hydrogen) atoms. The van der Waals surface area contributed by atoms with Gasteiger partial charge in [-0.05, 0) is 231 Å². The molecule has 28 nitrogen and oxygen atoms in total. The quantitative estimate of drug-likeness (QED) is 0.0165. The number of likely N-dealkylation sites (tertiary alicyclic amines) is 2. The summed E-state index contributed by atoms with van der Waals surface area (Å²) in [5.74, 6) is -1.27. The average Bonchev–Trinajstić information content (AvgIpc) is 1.57. The van der Waals surface area contributed by atoms with E-state index in [4.69, 9.17) is 52.9 Å². The van der Waals surface area contributed by atoms with Gasteiger partial charge in [0, 0.05) is 37.6 Å². The zero-order chi connectivity index (χ0) is 105. The first-order chi connectivity index (χ1) is 68.7. The molecule has 8 amide bonds. The van der Waals surface area contributed by atoms with Gasteiger partial charge < -0.3 is 69.3 Å². The monoisotopic (exact) mass is 2060 g/mol. The molecule has 4 fully saturated rings. The summed E-state index contributed by atoms with van der Waals surface area (Å²) in [5, 5.41) is 30.1. The Labute approximate surface area is 856 Å². The largest absolute Gasteiger partial charge is 0.491 e. The van der Waals surface area contributed by atoms with Crippen LogP contribution in [0.15, 0.2) is 193 Å². The van der Waals surface area contributed by atoms with E-state index in [0.717, 1.165) is 99.7 Å². The van der Waals surface area contributed by atoms with Gasteiger partial charge in [-0.2, -0.15) is 36.9 Å². The number of nitrogens with one attached hydrogen (secondary N) is 4. The highest BCUT2D eigenvalue weighted by Crippen LogP contribution is 2.45. The van der Waals surface area contributed by atoms with E-state index in [1.165, 1.54) is 12.1 Å². The van der Waals surface area contributed by atoms with Gasteiger partial charge >= 0.3 is 18.4 Å². The summed E-state index contributed by atoms with van der Waals surface area (Å²) < 4.78 is 117. The second-order valence-corrected chi connectivity index (χ2v) is 41.4. The number of ether oxygens (including phenoxy) is 6. The first-order valence-corrected chi connectivity index (χ1v) is 49.6. The van der Waals surface area contributed by atoms with Crippen LogP contribution in [0.1, 0.15) is 141 Å². The summed E-state index contributed by atoms with van der Waals surface area (Å²) in [5.41, 5.74) is 6.74. The van der Waals surface area contributed by atoms with Crippen molar-refractivity contribution in [2.24, 2.45) is 22.7 Å². The predicted octanol–water partition coefficient (Wildman–Crippen LogP) is 18.8. The molecule has 10 aromatic rings. The standard InChI is InChI=1S/C54H58F3N7O7S2.C53H56F3N7O7S2/c1-33-26-44(48(66)59-29-35-8-10-38(11-9-35)46-34(2)60-32-73-46)62(30-33)49(67)47(52(3,4)5)61-45(65)31-70-23-22-69-24-25-71-42-20-15-37(16-21-42)36-12-17-40(18-13-36)64-51(72)63(50(68)53(64,6)7)41-19-14-39(28-58)43(27-41)54(55,56)57;1-32-26-43(46(64)58-29-34-8-10-37(11-9-34)44-33(2)59-31-72-44)61(30-32)47(65)45(51(3,4)5)60-49(67)70-25-23-68-22-24-69-41-20-15-36(16-21-41)35-12-17-39(18-13-35)63-50(71)62(48(66)52(63,6)7)40-19-14-38(28-57)42(27-40)53(54,55)56/h8-21,27,32-33,44,47H,22-26,29-31H2,1-7H3,(H,59,66)(H,61,65);8-21,27,31-32,43,45H,22-26,29-30H2,1-7H3,(H,58,64)(H,60,67)/t33-,44+,47-;32-,43+,45-/m11/s1. The molecule has 4 aliphatic heterocycles. The second-order valence-electron chi connectivity index (χ2n) is 38.9. The summed E-state index contributed by atoms with van der Waals surface area (Å²) in [6.45, 7) is 28.0. The molecule has 8 aromatic carbocycles. The van der Waals surface area contributed by atoms with Gasteiger partial charge in [0.15, 0.2) is 10.2 Å². The zero-order valence-corrected chi connectivity index (χ0v) is 85.9. The highest BCUT2D eigenvalue weighted by molar-refractivity contribution is 7.81. The number of hydrogen-bond acceptors (Lipinski definition) is 22. The number of carbonyl (C=O) groups excluding carboxylic acids is 8. The number of nitriles is 2. The molecule has 0 saturated carbocycles. The fraction of sp³-hybridized carbons (Fsp3) is 0.383. The average molecular weight is 2060 g/mol. The van der Waals surface area contributed by atoms with E-state index < -0.39 is 104 Å². The van der Waals surface area contributed by atoms with Crippen LogP contribution in [0.5, 0.6) is 11.5 Å². The van der Waals surface area contributed by atoms with Crippen LogP contribution in [-0.4, -0.2) is 185 Å². The normalized spacial score (nSPS) is 17.1. The second kappa shape index (κ2) is 46.2. The maximum atomic E-state index is 14.1. The number of thiazole rings is 2. The van der Waals surface area contributed by atoms with E-state index in [2.05, 4.69) is 31.2 Å². The molecule has 0 bridgehead atoms. The molecule has 0 aliphatic carbocycles. The summed E-state index contributed by atoms with van der Waals surface area (Å²) in [6, 6.07) is 51.2. The topological polar surface area (TPSA) is 333 Å². The van der Waals surface area contributed by atoms with Crippen molar-refractivity contribution in [3.05, 3.63) is 238 Å². The Bertz CT molecular complexity index is 6480. The predicted molar refractivity (Wildman–Crippen MR) is 549 cm³/mol. The maximum Gasteiger partial charge on any atom is 0.417 e. The van der Waals surface area contributed by atoms with Gasteiger partial charge in [-0.25, -0.2) is 14.8 Å². The molecule has 4 saturated heterocycles. The van der Waals surface area contributed by atoms with Crippen LogP contribution in [0.25, 0.3) is 43.1 Å². The number of alkyl carbamates (subject to hydrolysis) is 1. The Balaban J connectivity index is 0.000000243. The molecule has 6 atom stereocenters. The van der Waals surface area contributed by atoms with Gasteiger partial charge in [-0.1, -0.05) is 152 Å². The lowest BCUT2D eigenvalue weighted by molar-refractivity contribution is -0.144. The molecule has 38 heteroatoms. The molecule has 0 radical (unpaired) electrons. The number of alkyl halides is 6. The van der Waals surface area contributed by atoms with Crippen molar-refractivity contribution in [2.75, 3.05) is 92.2 Å². The van der Waals surface area contributed by atoms with Gasteiger partial charge in [0.2, 0.25) is 29.5 Å². The van der Waals surface area contributed by atoms with Crippen LogP contribution in [0.4, 0.5) is 53.9 Å². The third-order valence-electron chi connectivity index (χ3n) is 25.2. The fourth-order valence-electron chi connectivity index (χ4n) is 17.5. The Morgan fingerprint density at radius 3 is 1.16 bits per heavy atom. The first kappa shape index (κ1) is 109. The van der Waals surface area contributed by atoms with Crippen molar-refractivity contribution in [3.8, 4) is 66.8 Å². The molecule has 0 unspecified atom stereocenters. The number of anilines is 4. The summed E-state index contributed by atoms with van der Waals surface area (Å²) in [4.78, 5) is 128. The lowest BCUT2D eigenvalue weighted by atomic mass is 9.85. The van der Waals surface area contributed by atoms with E-state index in [1.54, 1.807) is 119 Å². The zero-order valence-electron chi connectivity index (χ0n) is 82.6. The number of thiocarbonyl (C=S) groups is 2. The minimum atomic E-state index is -4.81. The van der Waals surface area contributed by atoms with Crippen molar-refractivity contribution in [1.29, 1.82) is 10.5 Å². The number of rotatable bonds is 34. The van der Waals surface area contributed by atoms with Gasteiger partial charge in [0.25, 0.3) is 11.8 Å². The number of aromatic nitrogens is 2. The van der Waals surface area contributed by atoms with Crippen LogP contribution >= 0.6 is 47.1 Å². The van der Waals surface area contributed by atoms with Gasteiger partial charge in [-0.3, -0.25) is 43.4 Å². The number of hydrogen-bond donors (Lipinski definition) is 4. The van der Waals surface area contributed by atoms with E-state index >= 15 is 0 Å². The van der Waals surface area contributed by atoms with Crippen LogP contribution in [0.3, 0.4) is 0 Å². The van der Waals surface area contributed by atoms with Crippen molar-refractivity contribution in [2.45, 2.75) is 170 Å². The summed E-state index contributed by atoms with van der Waals surface area (Å²) >= 11 is 14.5. The maximum absolute atomic E-state index is 14.1. The van der Waals surface area contributed by atoms with E-state index in [1.807, 2.05) is 189 Å². The van der Waals surface area contributed by atoms with E-state index in [0.29, 0.717) is 61.9 Å². The third-order valence-corrected chi connectivity index (χ3v) is 27.9. The van der Waals surface area contributed by atoms with Crippen molar-refractivity contribution >= 4 is 128 Å². The molecule has 14 rings (SSSR count). The van der Waals surface area contributed by atoms with E-state index in [-0.39, 0.29) is 117 Å². The van der Waals surface area contributed by atoms with Gasteiger partial charge in [-0.15, -0.1) is 22.7 Å². The van der Waals surface area contributed by atoms with Crippen molar-refractivity contribution < 1.29 is 93.1 Å². The van der Waals surface area contributed by atoms with Gasteiger partial charge in [0.1, 0.15) is 73.2 Å². The first-order valence-electron chi connectivity index (χ1n) is 47.0. The minimum Gasteiger partial charge on any atom is -0.491 e. The Morgan fingerprint density at radius 2 is 0.807 bits per heavy atom. The number of halogens is 6. The van der Waals surface area contributed by atoms with Crippen molar-refractivity contribution in [3.63, 3.8) is 0 Å². The number of nitrogens with zero attached hydrogens (tertiary/aromatic N) is 10. The molecule has 6 heterocycles. The lowest BCUT2D eigenvalue weighted by Crippen LogP contribution is -2.58. The number of carbonyl (C=O) groups is 8. The highest BCUT2D eigenvalue weighted by Gasteiger charge is 2.54. The Morgan fingerprint density at radius 1 is 0.469 bits per heavy atom. The third kappa shape index (κ3) is 26.0. The Hall–Kier alpha value is -13.6. The highest BCUT2D eigenvalue weighted by atomic mass is 32.1. The number of benzene rings is 8.